The van der Waals surface area contributed by atoms with Gasteiger partial charge in [0.05, 0.1) is 11.7 Å². The first-order chi connectivity index (χ1) is 8.69. The zero-order valence-electron chi connectivity index (χ0n) is 9.80. The second kappa shape index (κ2) is 5.47. The maximum absolute atomic E-state index is 10.9. The Balaban J connectivity index is 1.82. The molecule has 2 unspecified atom stereocenters. The molecule has 18 heavy (non-hydrogen) atoms. The fourth-order valence-corrected chi connectivity index (χ4v) is 1.85. The fourth-order valence-electron chi connectivity index (χ4n) is 1.85. The monoisotopic (exact) mass is 246 g/mol. The van der Waals surface area contributed by atoms with Crippen LogP contribution in [0.3, 0.4) is 0 Å². The Bertz CT molecular complexity index is 466. The number of ether oxygens (including phenoxy) is 1. The number of primary amides is 1. The van der Waals surface area contributed by atoms with Crippen LogP contribution in [-0.4, -0.2) is 29.6 Å². The molecule has 0 bridgehead atoms. The van der Waals surface area contributed by atoms with Crippen LogP contribution in [0.1, 0.15) is 18.4 Å². The highest BCUT2D eigenvalue weighted by Crippen LogP contribution is 2.19. The van der Waals surface area contributed by atoms with Crippen molar-refractivity contribution in [3.05, 3.63) is 23.9 Å². The van der Waals surface area contributed by atoms with Crippen molar-refractivity contribution in [1.29, 1.82) is 5.26 Å². The second-order valence-corrected chi connectivity index (χ2v) is 4.15. The van der Waals surface area contributed by atoms with Gasteiger partial charge in [0.2, 0.25) is 5.91 Å². The Morgan fingerprint density at radius 1 is 1.61 bits per heavy atom. The summed E-state index contributed by atoms with van der Waals surface area (Å²) in [5.41, 5.74) is 5.69. The van der Waals surface area contributed by atoms with Crippen LogP contribution in [0.5, 0.6) is 0 Å². The molecule has 2 rings (SSSR count). The van der Waals surface area contributed by atoms with Crippen LogP contribution in [0.2, 0.25) is 0 Å². The molecule has 94 valence electrons. The Labute approximate surface area is 105 Å². The summed E-state index contributed by atoms with van der Waals surface area (Å²) >= 11 is 0. The molecule has 0 aromatic carbocycles. The van der Waals surface area contributed by atoms with Gasteiger partial charge in [0.15, 0.2) is 0 Å². The van der Waals surface area contributed by atoms with Gasteiger partial charge in [-0.05, 0) is 25.0 Å². The first-order valence-electron chi connectivity index (χ1n) is 5.74. The van der Waals surface area contributed by atoms with Crippen molar-refractivity contribution < 1.29 is 9.53 Å². The fraction of sp³-hybridized carbons (Fsp3) is 0.417. The molecule has 0 spiro atoms. The number of pyridine rings is 1. The number of hydrogen-bond acceptors (Lipinski definition) is 5. The van der Waals surface area contributed by atoms with Gasteiger partial charge in [0.25, 0.3) is 0 Å². The Morgan fingerprint density at radius 3 is 3.00 bits per heavy atom. The Hall–Kier alpha value is -2.13. The van der Waals surface area contributed by atoms with E-state index in [1.54, 1.807) is 12.1 Å². The van der Waals surface area contributed by atoms with E-state index in [4.69, 9.17) is 15.7 Å². The van der Waals surface area contributed by atoms with Crippen LogP contribution < -0.4 is 11.1 Å². The van der Waals surface area contributed by atoms with E-state index in [0.717, 1.165) is 6.42 Å². The number of aromatic nitrogens is 1. The van der Waals surface area contributed by atoms with E-state index in [0.29, 0.717) is 24.3 Å². The number of nitrogens with zero attached hydrogens (tertiary/aromatic N) is 2. The van der Waals surface area contributed by atoms with Gasteiger partial charge in [-0.1, -0.05) is 0 Å². The summed E-state index contributed by atoms with van der Waals surface area (Å²) in [4.78, 5) is 15.0. The molecule has 6 heteroatoms. The van der Waals surface area contributed by atoms with Crippen LogP contribution in [0.15, 0.2) is 18.3 Å². The molecular weight excluding hydrogens is 232 g/mol. The highest BCUT2D eigenvalue weighted by molar-refractivity contribution is 5.79. The van der Waals surface area contributed by atoms with E-state index in [1.807, 2.05) is 6.07 Å². The molecule has 1 aromatic rings. The number of nitrogens with one attached hydrogen (secondary N) is 1. The van der Waals surface area contributed by atoms with Gasteiger partial charge in [-0.25, -0.2) is 4.98 Å². The Morgan fingerprint density at radius 2 is 2.44 bits per heavy atom. The molecule has 1 saturated heterocycles. The largest absolute Gasteiger partial charge is 0.367 e. The summed E-state index contributed by atoms with van der Waals surface area (Å²) in [7, 11) is 0. The normalized spacial score (nSPS) is 22.4. The van der Waals surface area contributed by atoms with E-state index in [1.165, 1.54) is 6.20 Å². The van der Waals surface area contributed by atoms with Crippen LogP contribution in [-0.2, 0) is 9.53 Å². The van der Waals surface area contributed by atoms with Crippen LogP contribution in [0.4, 0.5) is 5.82 Å². The van der Waals surface area contributed by atoms with E-state index >= 15 is 0 Å². The molecule has 2 heterocycles. The molecule has 1 aliphatic rings. The number of rotatable bonds is 4. The van der Waals surface area contributed by atoms with Crippen molar-refractivity contribution in [2.45, 2.75) is 25.0 Å². The number of nitrogens with two attached hydrogens (primary N) is 1. The van der Waals surface area contributed by atoms with E-state index in [-0.39, 0.29) is 6.10 Å². The highest BCUT2D eigenvalue weighted by Gasteiger charge is 2.28. The summed E-state index contributed by atoms with van der Waals surface area (Å²) in [5, 5.41) is 11.7. The predicted octanol–water partition coefficient (Wildman–Crippen LogP) is 0.398. The van der Waals surface area contributed by atoms with Crippen LogP contribution in [0, 0.1) is 11.3 Å². The molecule has 0 aliphatic carbocycles. The quantitative estimate of drug-likeness (QED) is 0.800. The van der Waals surface area contributed by atoms with Gasteiger partial charge in [0.1, 0.15) is 18.0 Å². The zero-order chi connectivity index (χ0) is 13.0. The van der Waals surface area contributed by atoms with Crippen molar-refractivity contribution in [3.63, 3.8) is 0 Å². The lowest BCUT2D eigenvalue weighted by atomic mass is 10.2. The molecular formula is C12H14N4O2. The number of amides is 1. The van der Waals surface area contributed by atoms with Gasteiger partial charge in [-0.2, -0.15) is 5.26 Å². The summed E-state index contributed by atoms with van der Waals surface area (Å²) in [5.74, 6) is 0.272. The van der Waals surface area contributed by atoms with Crippen molar-refractivity contribution in [2.24, 2.45) is 5.73 Å². The summed E-state index contributed by atoms with van der Waals surface area (Å²) in [6.07, 6.45) is 2.48. The standard InChI is InChI=1S/C12H14N4O2/c13-5-8-1-4-11(15-6-8)16-7-9-2-3-10(18-9)12(14)17/h1,4,6,9-10H,2-3,7H2,(H2,14,17)(H,15,16). The number of nitriles is 1. The number of carbonyl (C=O) groups excluding carboxylic acids is 1. The first kappa shape index (κ1) is 12.3. The number of hydrogen-bond donors (Lipinski definition) is 2. The molecule has 1 aromatic heterocycles. The van der Waals surface area contributed by atoms with Gasteiger partial charge in [-0.3, -0.25) is 4.79 Å². The smallest absolute Gasteiger partial charge is 0.246 e. The van der Waals surface area contributed by atoms with E-state index in [9.17, 15) is 4.79 Å². The maximum atomic E-state index is 10.9. The number of carbonyl (C=O) groups is 1. The lowest BCUT2D eigenvalue weighted by molar-refractivity contribution is -0.128. The van der Waals surface area contributed by atoms with Gasteiger partial charge in [0, 0.05) is 12.7 Å². The lowest BCUT2D eigenvalue weighted by Crippen LogP contribution is -2.30. The average Bonchev–Trinajstić information content (AvgIpc) is 2.86. The predicted molar refractivity (Wildman–Crippen MR) is 64.5 cm³/mol. The van der Waals surface area contributed by atoms with Crippen molar-refractivity contribution >= 4 is 11.7 Å². The molecule has 0 radical (unpaired) electrons. The molecule has 6 nitrogen and oxygen atoms in total. The van der Waals surface area contributed by atoms with E-state index < -0.39 is 12.0 Å². The first-order valence-corrected chi connectivity index (χ1v) is 5.74. The maximum Gasteiger partial charge on any atom is 0.246 e. The molecule has 0 saturated carbocycles. The number of anilines is 1. The molecule has 1 fully saturated rings. The average molecular weight is 246 g/mol. The summed E-state index contributed by atoms with van der Waals surface area (Å²) < 4.78 is 5.47. The van der Waals surface area contributed by atoms with Crippen molar-refractivity contribution in [3.8, 4) is 6.07 Å². The highest BCUT2D eigenvalue weighted by atomic mass is 16.5. The lowest BCUT2D eigenvalue weighted by Gasteiger charge is -2.12. The summed E-state index contributed by atoms with van der Waals surface area (Å²) in [6.45, 7) is 0.572. The molecule has 2 atom stereocenters. The third-order valence-electron chi connectivity index (χ3n) is 2.83. The van der Waals surface area contributed by atoms with Gasteiger partial charge in [-0.15, -0.1) is 0 Å². The van der Waals surface area contributed by atoms with Gasteiger partial charge < -0.3 is 15.8 Å². The third kappa shape index (κ3) is 2.96. The SMILES string of the molecule is N#Cc1ccc(NCC2CCC(C(N)=O)O2)nc1. The zero-order valence-corrected chi connectivity index (χ0v) is 9.80. The molecule has 1 aliphatic heterocycles. The topological polar surface area (TPSA) is 101 Å². The van der Waals surface area contributed by atoms with Crippen LogP contribution in [0.25, 0.3) is 0 Å². The minimum absolute atomic E-state index is 0.0278. The second-order valence-electron chi connectivity index (χ2n) is 4.15. The van der Waals surface area contributed by atoms with Gasteiger partial charge >= 0.3 is 0 Å². The van der Waals surface area contributed by atoms with Crippen molar-refractivity contribution in [1.82, 2.24) is 4.98 Å². The van der Waals surface area contributed by atoms with Crippen LogP contribution >= 0.6 is 0 Å². The third-order valence-corrected chi connectivity index (χ3v) is 2.83. The molecule has 1 amide bonds. The molecule has 3 N–H and O–H groups in total. The van der Waals surface area contributed by atoms with E-state index in [2.05, 4.69) is 10.3 Å². The minimum atomic E-state index is -0.467. The van der Waals surface area contributed by atoms with Crippen molar-refractivity contribution in [2.75, 3.05) is 11.9 Å². The Kier molecular flexibility index (Phi) is 3.75. The minimum Gasteiger partial charge on any atom is -0.367 e. The summed E-state index contributed by atoms with van der Waals surface area (Å²) in [6, 6.07) is 5.43.